The van der Waals surface area contributed by atoms with Crippen LogP contribution in [0.25, 0.3) is 11.1 Å². The lowest BCUT2D eigenvalue weighted by Crippen LogP contribution is -2.15. The van der Waals surface area contributed by atoms with Crippen molar-refractivity contribution in [3.63, 3.8) is 0 Å². The Bertz CT molecular complexity index is 1010. The number of hydrogen-bond acceptors (Lipinski definition) is 5. The highest BCUT2D eigenvalue weighted by Gasteiger charge is 2.24. The predicted molar refractivity (Wildman–Crippen MR) is 104 cm³/mol. The zero-order valence-corrected chi connectivity index (χ0v) is 15.6. The fourth-order valence-electron chi connectivity index (χ4n) is 2.59. The Kier molecular flexibility index (Phi) is 5.34. The summed E-state index contributed by atoms with van der Waals surface area (Å²) in [6.07, 6.45) is 0. The SMILES string of the molecule is COc1cccc(O)c1C(=O)Nc1scc(-c2ccc(Cl)cc2)c1C(=O)O. The Morgan fingerprint density at radius 3 is 2.44 bits per heavy atom. The molecule has 0 aliphatic rings. The standard InChI is InChI=1S/C19H14ClNO5S/c1-26-14-4-2-3-13(22)16(14)17(23)21-18-15(19(24)25)12(9-27-18)10-5-7-11(20)8-6-10/h2-9,22H,1H3,(H,21,23)(H,24,25). The van der Waals surface area contributed by atoms with Crippen LogP contribution in [0.4, 0.5) is 5.00 Å². The van der Waals surface area contributed by atoms with Crippen molar-refractivity contribution in [2.75, 3.05) is 12.4 Å². The van der Waals surface area contributed by atoms with Gasteiger partial charge in [-0.2, -0.15) is 0 Å². The number of rotatable bonds is 5. The number of phenols is 1. The highest BCUT2D eigenvalue weighted by Crippen LogP contribution is 2.37. The number of carbonyl (C=O) groups excluding carboxylic acids is 1. The molecule has 1 heterocycles. The lowest BCUT2D eigenvalue weighted by atomic mass is 10.0. The highest BCUT2D eigenvalue weighted by atomic mass is 35.5. The first kappa shape index (κ1) is 18.8. The fourth-order valence-corrected chi connectivity index (χ4v) is 3.67. The van der Waals surface area contributed by atoms with Crippen molar-refractivity contribution >= 4 is 39.8 Å². The van der Waals surface area contributed by atoms with Crippen LogP contribution in [0.3, 0.4) is 0 Å². The lowest BCUT2D eigenvalue weighted by molar-refractivity contribution is 0.0699. The summed E-state index contributed by atoms with van der Waals surface area (Å²) in [6.45, 7) is 0. The van der Waals surface area contributed by atoms with Crippen LogP contribution in [0, 0.1) is 0 Å². The highest BCUT2D eigenvalue weighted by molar-refractivity contribution is 7.15. The molecule has 0 atom stereocenters. The molecule has 3 rings (SSSR count). The van der Waals surface area contributed by atoms with Gasteiger partial charge in [-0.25, -0.2) is 4.79 Å². The number of nitrogens with one attached hydrogen (secondary N) is 1. The van der Waals surface area contributed by atoms with E-state index in [1.54, 1.807) is 29.6 Å². The summed E-state index contributed by atoms with van der Waals surface area (Å²) in [5.74, 6) is -1.94. The van der Waals surface area contributed by atoms with Crippen molar-refractivity contribution in [1.29, 1.82) is 0 Å². The molecule has 0 spiro atoms. The smallest absolute Gasteiger partial charge is 0.339 e. The summed E-state index contributed by atoms with van der Waals surface area (Å²) in [5.41, 5.74) is 1.01. The van der Waals surface area contributed by atoms with Crippen LogP contribution in [0.1, 0.15) is 20.7 Å². The van der Waals surface area contributed by atoms with E-state index < -0.39 is 11.9 Å². The molecule has 0 saturated carbocycles. The fraction of sp³-hybridized carbons (Fsp3) is 0.0526. The third-order valence-corrected chi connectivity index (χ3v) is 4.99. The van der Waals surface area contributed by atoms with Gasteiger partial charge >= 0.3 is 5.97 Å². The van der Waals surface area contributed by atoms with E-state index in [2.05, 4.69) is 5.32 Å². The zero-order chi connectivity index (χ0) is 19.6. The molecular weight excluding hydrogens is 390 g/mol. The number of methoxy groups -OCH3 is 1. The van der Waals surface area contributed by atoms with Gasteiger partial charge in [0, 0.05) is 16.0 Å². The van der Waals surface area contributed by atoms with Crippen LogP contribution in [-0.2, 0) is 0 Å². The third-order valence-electron chi connectivity index (χ3n) is 3.84. The van der Waals surface area contributed by atoms with Crippen LogP contribution in [0.5, 0.6) is 11.5 Å². The molecule has 0 aliphatic heterocycles. The van der Waals surface area contributed by atoms with Crippen molar-refractivity contribution in [2.24, 2.45) is 0 Å². The molecule has 3 aromatic rings. The average Bonchev–Trinajstić information content (AvgIpc) is 3.05. The molecule has 138 valence electrons. The number of thiophene rings is 1. The Morgan fingerprint density at radius 2 is 1.81 bits per heavy atom. The van der Waals surface area contributed by atoms with E-state index in [9.17, 15) is 19.8 Å². The average molecular weight is 404 g/mol. The van der Waals surface area contributed by atoms with Crippen LogP contribution >= 0.6 is 22.9 Å². The molecule has 27 heavy (non-hydrogen) atoms. The molecule has 1 amide bonds. The Hall–Kier alpha value is -3.03. The summed E-state index contributed by atoms with van der Waals surface area (Å²) < 4.78 is 5.10. The second kappa shape index (κ2) is 7.69. The molecule has 6 nitrogen and oxygen atoms in total. The minimum Gasteiger partial charge on any atom is -0.507 e. The van der Waals surface area contributed by atoms with Gasteiger partial charge in [-0.05, 0) is 29.8 Å². The van der Waals surface area contributed by atoms with Crippen LogP contribution in [0.15, 0.2) is 47.8 Å². The van der Waals surface area contributed by atoms with Gasteiger partial charge in [-0.15, -0.1) is 11.3 Å². The van der Waals surface area contributed by atoms with Crippen molar-refractivity contribution in [3.05, 3.63) is 64.0 Å². The quantitative estimate of drug-likeness (QED) is 0.572. The minimum atomic E-state index is -1.18. The second-order valence-electron chi connectivity index (χ2n) is 5.47. The number of aromatic carboxylic acids is 1. The number of anilines is 1. The molecule has 0 fully saturated rings. The number of ether oxygens (including phenoxy) is 1. The largest absolute Gasteiger partial charge is 0.507 e. The van der Waals surface area contributed by atoms with Gasteiger partial charge in [0.15, 0.2) is 0 Å². The number of hydrogen-bond donors (Lipinski definition) is 3. The van der Waals surface area contributed by atoms with E-state index in [0.717, 1.165) is 11.3 Å². The first-order valence-corrected chi connectivity index (χ1v) is 8.96. The van der Waals surface area contributed by atoms with Crippen molar-refractivity contribution in [2.45, 2.75) is 0 Å². The monoisotopic (exact) mass is 403 g/mol. The van der Waals surface area contributed by atoms with Crippen LogP contribution < -0.4 is 10.1 Å². The first-order chi connectivity index (χ1) is 12.9. The summed E-state index contributed by atoms with van der Waals surface area (Å²) >= 11 is 6.96. The van der Waals surface area contributed by atoms with Gasteiger partial charge in [-0.3, -0.25) is 4.79 Å². The van der Waals surface area contributed by atoms with Crippen LogP contribution in [-0.4, -0.2) is 29.2 Å². The number of aromatic hydroxyl groups is 1. The van der Waals surface area contributed by atoms with E-state index in [-0.39, 0.29) is 27.6 Å². The Balaban J connectivity index is 2.00. The number of benzene rings is 2. The van der Waals surface area contributed by atoms with Gasteiger partial charge in [0.05, 0.1) is 7.11 Å². The van der Waals surface area contributed by atoms with Gasteiger partial charge < -0.3 is 20.3 Å². The maximum atomic E-state index is 12.6. The molecule has 0 radical (unpaired) electrons. The summed E-state index contributed by atoms with van der Waals surface area (Å²) in [6, 6.07) is 11.1. The van der Waals surface area contributed by atoms with E-state index >= 15 is 0 Å². The first-order valence-electron chi connectivity index (χ1n) is 7.70. The number of phenolic OH excluding ortho intramolecular Hbond substituents is 1. The Morgan fingerprint density at radius 1 is 1.11 bits per heavy atom. The second-order valence-corrected chi connectivity index (χ2v) is 6.79. The molecule has 1 aromatic heterocycles. The number of carboxylic acid groups (broad SMARTS) is 1. The molecule has 0 aliphatic carbocycles. The minimum absolute atomic E-state index is 0.0370. The normalized spacial score (nSPS) is 10.4. The molecule has 2 aromatic carbocycles. The van der Waals surface area contributed by atoms with Crippen molar-refractivity contribution < 1.29 is 24.5 Å². The number of carbonyl (C=O) groups is 2. The zero-order valence-electron chi connectivity index (χ0n) is 14.0. The van der Waals surface area contributed by atoms with E-state index in [4.69, 9.17) is 16.3 Å². The van der Waals surface area contributed by atoms with Gasteiger partial charge in [-0.1, -0.05) is 29.8 Å². The molecule has 0 saturated heterocycles. The van der Waals surface area contributed by atoms with Crippen molar-refractivity contribution in [1.82, 2.24) is 0 Å². The Labute approximate surface area is 163 Å². The van der Waals surface area contributed by atoms with Gasteiger partial charge in [0.2, 0.25) is 0 Å². The van der Waals surface area contributed by atoms with E-state index in [1.807, 2.05) is 0 Å². The third kappa shape index (κ3) is 3.74. The molecule has 3 N–H and O–H groups in total. The van der Waals surface area contributed by atoms with Gasteiger partial charge in [0.25, 0.3) is 5.91 Å². The molecule has 8 heteroatoms. The maximum Gasteiger partial charge on any atom is 0.339 e. The number of amides is 1. The summed E-state index contributed by atoms with van der Waals surface area (Å²) in [7, 11) is 1.37. The molecule has 0 bridgehead atoms. The van der Waals surface area contributed by atoms with E-state index in [1.165, 1.54) is 25.3 Å². The molecular formula is C19H14ClNO5S. The maximum absolute atomic E-state index is 12.6. The number of halogens is 1. The lowest BCUT2D eigenvalue weighted by Gasteiger charge is -2.11. The number of carboxylic acids is 1. The van der Waals surface area contributed by atoms with Crippen LogP contribution in [0.2, 0.25) is 5.02 Å². The van der Waals surface area contributed by atoms with E-state index in [0.29, 0.717) is 16.1 Å². The van der Waals surface area contributed by atoms with Crippen molar-refractivity contribution in [3.8, 4) is 22.6 Å². The topological polar surface area (TPSA) is 95.9 Å². The predicted octanol–water partition coefficient (Wildman–Crippen LogP) is 4.73. The summed E-state index contributed by atoms with van der Waals surface area (Å²) in [4.78, 5) is 24.4. The van der Waals surface area contributed by atoms with Gasteiger partial charge in [0.1, 0.15) is 27.6 Å². The molecule has 0 unspecified atom stereocenters. The summed E-state index contributed by atoms with van der Waals surface area (Å²) in [5, 5.41) is 24.5.